The molecule has 0 bridgehead atoms. The highest BCUT2D eigenvalue weighted by molar-refractivity contribution is 4.92. The zero-order valence-electron chi connectivity index (χ0n) is 7.61. The van der Waals surface area contributed by atoms with E-state index >= 15 is 0 Å². The first kappa shape index (κ1) is 9.75. The second-order valence-electron chi connectivity index (χ2n) is 2.84. The molecule has 1 heterocycles. The van der Waals surface area contributed by atoms with E-state index in [9.17, 15) is 0 Å². The number of nitriles is 1. The highest BCUT2D eigenvalue weighted by atomic mass is 15.1. The quantitative estimate of drug-likeness (QED) is 0.674. The molecule has 70 valence electrons. The summed E-state index contributed by atoms with van der Waals surface area (Å²) in [6.07, 6.45) is 5.99. The second kappa shape index (κ2) is 5.33. The summed E-state index contributed by atoms with van der Waals surface area (Å²) in [6.45, 7) is 1.48. The summed E-state index contributed by atoms with van der Waals surface area (Å²) < 4.78 is 2.06. The summed E-state index contributed by atoms with van der Waals surface area (Å²) in [5.74, 6) is 1.01. The van der Waals surface area contributed by atoms with Gasteiger partial charge in [-0.2, -0.15) is 5.26 Å². The molecular weight excluding hydrogens is 164 g/mol. The van der Waals surface area contributed by atoms with Crippen LogP contribution < -0.4 is 5.73 Å². The lowest BCUT2D eigenvalue weighted by atomic mass is 10.3. The number of nitrogens with two attached hydrogens (primary N) is 1. The SMILES string of the molecule is N#CCCCn1ccnc1CCN. The minimum Gasteiger partial charge on any atom is -0.335 e. The molecule has 0 aliphatic carbocycles. The molecule has 1 aromatic rings. The molecule has 1 rings (SSSR count). The summed E-state index contributed by atoms with van der Waals surface area (Å²) in [7, 11) is 0. The second-order valence-corrected chi connectivity index (χ2v) is 2.84. The maximum atomic E-state index is 8.37. The van der Waals surface area contributed by atoms with Crippen LogP contribution in [0.25, 0.3) is 0 Å². The van der Waals surface area contributed by atoms with Crippen molar-refractivity contribution < 1.29 is 0 Å². The number of imidazole rings is 1. The van der Waals surface area contributed by atoms with Gasteiger partial charge in [0.05, 0.1) is 6.07 Å². The van der Waals surface area contributed by atoms with Gasteiger partial charge in [0.15, 0.2) is 0 Å². The molecule has 13 heavy (non-hydrogen) atoms. The van der Waals surface area contributed by atoms with Crippen LogP contribution in [-0.2, 0) is 13.0 Å². The van der Waals surface area contributed by atoms with Crippen molar-refractivity contribution >= 4 is 0 Å². The van der Waals surface area contributed by atoms with Crippen LogP contribution in [0.4, 0.5) is 0 Å². The average molecular weight is 178 g/mol. The molecule has 0 saturated carbocycles. The Morgan fingerprint density at radius 3 is 3.15 bits per heavy atom. The van der Waals surface area contributed by atoms with Crippen LogP contribution in [0.2, 0.25) is 0 Å². The molecule has 1 aromatic heterocycles. The third kappa shape index (κ3) is 2.88. The highest BCUT2D eigenvalue weighted by Crippen LogP contribution is 2.01. The lowest BCUT2D eigenvalue weighted by Crippen LogP contribution is -2.09. The molecule has 4 nitrogen and oxygen atoms in total. The predicted octanol–water partition coefficient (Wildman–Crippen LogP) is 0.688. The molecular formula is C9H14N4. The van der Waals surface area contributed by atoms with Crippen molar-refractivity contribution in [3.63, 3.8) is 0 Å². The fourth-order valence-corrected chi connectivity index (χ4v) is 1.23. The van der Waals surface area contributed by atoms with Gasteiger partial charge in [-0.1, -0.05) is 0 Å². The van der Waals surface area contributed by atoms with Gasteiger partial charge in [-0.15, -0.1) is 0 Å². The fourth-order valence-electron chi connectivity index (χ4n) is 1.23. The zero-order chi connectivity index (χ0) is 9.52. The molecule has 0 atom stereocenters. The maximum absolute atomic E-state index is 8.37. The topological polar surface area (TPSA) is 67.6 Å². The number of hydrogen-bond donors (Lipinski definition) is 1. The van der Waals surface area contributed by atoms with Gasteiger partial charge >= 0.3 is 0 Å². The van der Waals surface area contributed by atoms with Crippen molar-refractivity contribution in [1.82, 2.24) is 9.55 Å². The van der Waals surface area contributed by atoms with Gasteiger partial charge in [0.2, 0.25) is 0 Å². The molecule has 0 amide bonds. The van der Waals surface area contributed by atoms with Crippen LogP contribution in [0.3, 0.4) is 0 Å². The van der Waals surface area contributed by atoms with Crippen molar-refractivity contribution in [1.29, 1.82) is 5.26 Å². The molecule has 4 heteroatoms. The van der Waals surface area contributed by atoms with Crippen LogP contribution in [0, 0.1) is 11.3 Å². The first-order valence-electron chi connectivity index (χ1n) is 4.45. The summed E-state index contributed by atoms with van der Waals surface area (Å²) in [5.41, 5.74) is 5.44. The van der Waals surface area contributed by atoms with Crippen LogP contribution in [-0.4, -0.2) is 16.1 Å². The summed E-state index contributed by atoms with van der Waals surface area (Å²) in [4.78, 5) is 4.18. The van der Waals surface area contributed by atoms with Crippen LogP contribution >= 0.6 is 0 Å². The normalized spacial score (nSPS) is 9.85. The van der Waals surface area contributed by atoms with E-state index < -0.39 is 0 Å². The molecule has 0 aliphatic heterocycles. The highest BCUT2D eigenvalue weighted by Gasteiger charge is 2.00. The van der Waals surface area contributed by atoms with Crippen molar-refractivity contribution in [3.8, 4) is 6.07 Å². The Balaban J connectivity index is 2.46. The molecule has 0 saturated heterocycles. The molecule has 0 fully saturated rings. The van der Waals surface area contributed by atoms with E-state index in [1.165, 1.54) is 0 Å². The van der Waals surface area contributed by atoms with Crippen LogP contribution in [0.1, 0.15) is 18.7 Å². The van der Waals surface area contributed by atoms with E-state index in [2.05, 4.69) is 15.6 Å². The minimum absolute atomic E-state index is 0.597. The molecule has 0 spiro atoms. The van der Waals surface area contributed by atoms with Crippen molar-refractivity contribution in [2.75, 3.05) is 6.54 Å². The monoisotopic (exact) mass is 178 g/mol. The average Bonchev–Trinajstić information content (AvgIpc) is 2.54. The number of nitrogens with zero attached hydrogens (tertiary/aromatic N) is 3. The van der Waals surface area contributed by atoms with Gasteiger partial charge in [0.25, 0.3) is 0 Å². The van der Waals surface area contributed by atoms with E-state index in [4.69, 9.17) is 11.0 Å². The van der Waals surface area contributed by atoms with Crippen molar-refractivity contribution in [2.45, 2.75) is 25.8 Å². The summed E-state index contributed by atoms with van der Waals surface area (Å²) >= 11 is 0. The standard InChI is InChI=1S/C9H14N4/c10-4-1-2-7-13-8-6-12-9(13)3-5-11/h6,8H,1-3,5,7,11H2. The third-order valence-electron chi connectivity index (χ3n) is 1.86. The number of unbranched alkanes of at least 4 members (excludes halogenated alkanes) is 1. The van der Waals surface area contributed by atoms with Gasteiger partial charge in [0.1, 0.15) is 5.82 Å². The lowest BCUT2D eigenvalue weighted by Gasteiger charge is -2.04. The molecule has 0 aromatic carbocycles. The smallest absolute Gasteiger partial charge is 0.109 e. The number of rotatable bonds is 5. The molecule has 0 radical (unpaired) electrons. The summed E-state index contributed by atoms with van der Waals surface area (Å²) in [5, 5.41) is 8.37. The molecule has 0 aliphatic rings. The Kier molecular flexibility index (Phi) is 4.00. The minimum atomic E-state index is 0.597. The Labute approximate surface area is 78.0 Å². The fraction of sp³-hybridized carbons (Fsp3) is 0.556. The van der Waals surface area contributed by atoms with Crippen molar-refractivity contribution in [3.05, 3.63) is 18.2 Å². The largest absolute Gasteiger partial charge is 0.335 e. The van der Waals surface area contributed by atoms with E-state index in [1.807, 2.05) is 6.20 Å². The van der Waals surface area contributed by atoms with E-state index in [0.717, 1.165) is 25.2 Å². The Hall–Kier alpha value is -1.34. The zero-order valence-corrected chi connectivity index (χ0v) is 7.61. The first-order chi connectivity index (χ1) is 6.38. The first-order valence-corrected chi connectivity index (χ1v) is 4.45. The summed E-state index contributed by atoms with van der Waals surface area (Å²) in [6, 6.07) is 2.12. The third-order valence-corrected chi connectivity index (χ3v) is 1.86. The lowest BCUT2D eigenvalue weighted by molar-refractivity contribution is 0.617. The maximum Gasteiger partial charge on any atom is 0.109 e. The van der Waals surface area contributed by atoms with Crippen molar-refractivity contribution in [2.24, 2.45) is 5.73 Å². The van der Waals surface area contributed by atoms with Gasteiger partial charge in [0, 0.05) is 31.8 Å². The number of hydrogen-bond acceptors (Lipinski definition) is 3. The van der Waals surface area contributed by atoms with E-state index in [1.54, 1.807) is 6.20 Å². The Bertz CT molecular complexity index is 284. The van der Waals surface area contributed by atoms with E-state index in [-0.39, 0.29) is 0 Å². The number of aromatic nitrogens is 2. The van der Waals surface area contributed by atoms with Gasteiger partial charge in [-0.25, -0.2) is 4.98 Å². The molecule has 2 N–H and O–H groups in total. The van der Waals surface area contributed by atoms with E-state index in [0.29, 0.717) is 13.0 Å². The number of aryl methyl sites for hydroxylation is 1. The van der Waals surface area contributed by atoms with Gasteiger partial charge in [-0.05, 0) is 13.0 Å². The van der Waals surface area contributed by atoms with Gasteiger partial charge in [-0.3, -0.25) is 0 Å². The van der Waals surface area contributed by atoms with Crippen LogP contribution in [0.5, 0.6) is 0 Å². The van der Waals surface area contributed by atoms with Crippen LogP contribution in [0.15, 0.2) is 12.4 Å². The molecule has 0 unspecified atom stereocenters. The van der Waals surface area contributed by atoms with Gasteiger partial charge < -0.3 is 10.3 Å². The predicted molar refractivity (Wildman–Crippen MR) is 49.8 cm³/mol. The Morgan fingerprint density at radius 1 is 1.62 bits per heavy atom. The Morgan fingerprint density at radius 2 is 2.46 bits per heavy atom.